The van der Waals surface area contributed by atoms with Gasteiger partial charge in [0, 0.05) is 0 Å². The van der Waals surface area contributed by atoms with Crippen LogP contribution in [0.1, 0.15) is 24.0 Å². The second kappa shape index (κ2) is 6.89. The quantitative estimate of drug-likeness (QED) is 0.466. The van der Waals surface area contributed by atoms with Crippen molar-refractivity contribution in [3.05, 3.63) is 41.5 Å². The standard InChI is InChI=1S/C13H13.2ClH.Zr/c1-3-7-12-10(5-1)9-11-6-2-4-8-13(11)12;;;/h1,3,5,7,9H,2,4,6,8H2;2*1H;/q-1;;;+3/p-2. The summed E-state index contributed by atoms with van der Waals surface area (Å²) in [5.41, 5.74) is 3.23. The molecule has 0 fully saturated rings. The molecule has 0 aliphatic heterocycles. The molecule has 0 amide bonds. The van der Waals surface area contributed by atoms with Gasteiger partial charge in [-0.1, -0.05) is 25.3 Å². The molecule has 1 radical (unpaired) electrons. The molecule has 0 aromatic heterocycles. The summed E-state index contributed by atoms with van der Waals surface area (Å²) in [4.78, 5) is 0. The van der Waals surface area contributed by atoms with E-state index in [-0.39, 0.29) is 51.0 Å². The molecule has 16 heavy (non-hydrogen) atoms. The summed E-state index contributed by atoms with van der Waals surface area (Å²) in [6.07, 6.45) is 5.34. The van der Waals surface area contributed by atoms with Gasteiger partial charge in [0.2, 0.25) is 0 Å². The Morgan fingerprint density at radius 1 is 0.938 bits per heavy atom. The zero-order valence-corrected chi connectivity index (χ0v) is 12.9. The first-order valence-corrected chi connectivity index (χ1v) is 5.11. The van der Waals surface area contributed by atoms with Gasteiger partial charge in [-0.2, -0.15) is 5.56 Å². The van der Waals surface area contributed by atoms with Crippen molar-refractivity contribution in [2.24, 2.45) is 0 Å². The Kier molecular flexibility index (Phi) is 7.02. The molecule has 1 aliphatic carbocycles. The number of aryl methyl sites for hydroxylation is 2. The predicted molar refractivity (Wildman–Crippen MR) is 56.2 cm³/mol. The summed E-state index contributed by atoms with van der Waals surface area (Å²) in [5, 5.41) is 2.94. The fourth-order valence-electron chi connectivity index (χ4n) is 2.48. The Morgan fingerprint density at radius 2 is 1.62 bits per heavy atom. The van der Waals surface area contributed by atoms with Gasteiger partial charge >= 0.3 is 26.2 Å². The molecule has 0 unspecified atom stereocenters. The molecular formula is C13H13Cl2Zr. The minimum absolute atomic E-state index is 0. The largest absolute Gasteiger partial charge is 3.00 e. The van der Waals surface area contributed by atoms with E-state index in [1.165, 1.54) is 36.5 Å². The van der Waals surface area contributed by atoms with Crippen LogP contribution in [-0.2, 0) is 39.0 Å². The van der Waals surface area contributed by atoms with Crippen LogP contribution in [0.25, 0.3) is 10.8 Å². The molecule has 0 bridgehead atoms. The van der Waals surface area contributed by atoms with Crippen LogP contribution in [0, 0.1) is 0 Å². The van der Waals surface area contributed by atoms with Crippen LogP contribution >= 0.6 is 0 Å². The first-order valence-electron chi connectivity index (χ1n) is 5.11. The first-order chi connectivity index (χ1) is 6.45. The smallest absolute Gasteiger partial charge is 1.00 e. The van der Waals surface area contributed by atoms with Gasteiger partial charge in [-0.05, 0) is 6.42 Å². The van der Waals surface area contributed by atoms with E-state index in [2.05, 4.69) is 30.3 Å². The third-order valence-electron chi connectivity index (χ3n) is 3.13. The maximum atomic E-state index is 2.38. The zero-order valence-electron chi connectivity index (χ0n) is 8.97. The number of benzene rings is 1. The van der Waals surface area contributed by atoms with E-state index >= 15 is 0 Å². The summed E-state index contributed by atoms with van der Waals surface area (Å²) >= 11 is 0. The number of hydrogen-bond donors (Lipinski definition) is 0. The summed E-state index contributed by atoms with van der Waals surface area (Å²) in [7, 11) is 0. The van der Waals surface area contributed by atoms with Crippen molar-refractivity contribution < 1.29 is 51.0 Å². The second-order valence-electron chi connectivity index (χ2n) is 3.94. The van der Waals surface area contributed by atoms with Crippen molar-refractivity contribution in [2.45, 2.75) is 25.7 Å². The molecular weight excluding hydrogens is 318 g/mol. The van der Waals surface area contributed by atoms with E-state index in [9.17, 15) is 0 Å². The molecule has 2 aromatic rings. The van der Waals surface area contributed by atoms with Crippen molar-refractivity contribution in [3.63, 3.8) is 0 Å². The molecule has 3 heteroatoms. The van der Waals surface area contributed by atoms with Crippen LogP contribution in [-0.4, -0.2) is 0 Å². The van der Waals surface area contributed by atoms with Crippen LogP contribution in [0.2, 0.25) is 0 Å². The van der Waals surface area contributed by atoms with E-state index in [0.29, 0.717) is 0 Å². The van der Waals surface area contributed by atoms with Gasteiger partial charge in [0.1, 0.15) is 0 Å². The SMILES string of the molecule is [Cl-].[Cl-].[Zr+3].c1ccc2c3c([cH-]c2c1)CCCC3. The Balaban J connectivity index is 0.000000750. The number of fused-ring (bicyclic) bond motifs is 3. The summed E-state index contributed by atoms with van der Waals surface area (Å²) in [5.74, 6) is 0. The number of rotatable bonds is 0. The van der Waals surface area contributed by atoms with Gasteiger partial charge in [0.05, 0.1) is 0 Å². The molecule has 0 N–H and O–H groups in total. The van der Waals surface area contributed by atoms with E-state index in [0.717, 1.165) is 0 Å². The van der Waals surface area contributed by atoms with E-state index in [1.807, 2.05) is 0 Å². The summed E-state index contributed by atoms with van der Waals surface area (Å²) in [6.45, 7) is 0. The molecule has 0 heterocycles. The Hall–Kier alpha value is 0.293. The van der Waals surface area contributed by atoms with Crippen LogP contribution in [0.4, 0.5) is 0 Å². The topological polar surface area (TPSA) is 0 Å². The Morgan fingerprint density at radius 3 is 2.44 bits per heavy atom. The normalized spacial score (nSPS) is 13.0. The van der Waals surface area contributed by atoms with Gasteiger partial charge in [-0.25, -0.2) is 0 Å². The van der Waals surface area contributed by atoms with Gasteiger partial charge in [0.15, 0.2) is 0 Å². The third-order valence-corrected chi connectivity index (χ3v) is 3.13. The molecule has 1 aliphatic rings. The Bertz CT molecular complexity index is 448. The van der Waals surface area contributed by atoms with Crippen molar-refractivity contribution in [3.8, 4) is 0 Å². The Labute approximate surface area is 128 Å². The molecule has 0 spiro atoms. The fraction of sp³-hybridized carbons (Fsp3) is 0.308. The second-order valence-corrected chi connectivity index (χ2v) is 3.94. The predicted octanol–water partition coefficient (Wildman–Crippen LogP) is -2.56. The van der Waals surface area contributed by atoms with Crippen LogP contribution in [0.5, 0.6) is 0 Å². The average molecular weight is 331 g/mol. The number of halogens is 2. The minimum atomic E-state index is 0. The van der Waals surface area contributed by atoms with Crippen molar-refractivity contribution >= 4 is 10.8 Å². The van der Waals surface area contributed by atoms with Crippen LogP contribution in [0.3, 0.4) is 0 Å². The molecule has 2 aromatic carbocycles. The van der Waals surface area contributed by atoms with E-state index in [4.69, 9.17) is 0 Å². The average Bonchev–Trinajstić information content (AvgIpc) is 2.56. The van der Waals surface area contributed by atoms with Crippen molar-refractivity contribution in [2.75, 3.05) is 0 Å². The zero-order chi connectivity index (χ0) is 8.67. The maximum Gasteiger partial charge on any atom is 3.00 e. The van der Waals surface area contributed by atoms with Crippen molar-refractivity contribution in [1.29, 1.82) is 0 Å². The molecule has 0 saturated heterocycles. The van der Waals surface area contributed by atoms with Gasteiger partial charge < -0.3 is 24.8 Å². The molecule has 3 rings (SSSR count). The van der Waals surface area contributed by atoms with Gasteiger partial charge in [-0.3, -0.25) is 0 Å². The maximum absolute atomic E-state index is 2.38. The third kappa shape index (κ3) is 2.75. The van der Waals surface area contributed by atoms with Gasteiger partial charge in [0.25, 0.3) is 0 Å². The molecule has 0 atom stereocenters. The van der Waals surface area contributed by atoms with Crippen LogP contribution in [0.15, 0.2) is 30.3 Å². The minimum Gasteiger partial charge on any atom is -1.00 e. The summed E-state index contributed by atoms with van der Waals surface area (Å²) < 4.78 is 0. The fourth-order valence-corrected chi connectivity index (χ4v) is 2.48. The van der Waals surface area contributed by atoms with E-state index < -0.39 is 0 Å². The summed E-state index contributed by atoms with van der Waals surface area (Å²) in [6, 6.07) is 11.2. The molecule has 0 nitrogen and oxygen atoms in total. The monoisotopic (exact) mass is 329 g/mol. The molecule has 83 valence electrons. The molecule has 0 saturated carbocycles. The van der Waals surface area contributed by atoms with Crippen molar-refractivity contribution in [1.82, 2.24) is 0 Å². The number of hydrogen-bond acceptors (Lipinski definition) is 0. The van der Waals surface area contributed by atoms with Gasteiger partial charge in [-0.15, -0.1) is 40.6 Å². The first kappa shape index (κ1) is 16.3. The van der Waals surface area contributed by atoms with Crippen LogP contribution < -0.4 is 24.8 Å². The van der Waals surface area contributed by atoms with E-state index in [1.54, 1.807) is 11.1 Å².